The van der Waals surface area contributed by atoms with Crippen molar-refractivity contribution in [1.29, 1.82) is 0 Å². The van der Waals surface area contributed by atoms with E-state index in [4.69, 9.17) is 9.47 Å². The molecule has 1 unspecified atom stereocenters. The first-order valence-electron chi connectivity index (χ1n) is 6.97. The van der Waals surface area contributed by atoms with Gasteiger partial charge in [-0.3, -0.25) is 5.32 Å². The van der Waals surface area contributed by atoms with Crippen LogP contribution in [0, 0.1) is 11.6 Å². The van der Waals surface area contributed by atoms with Crippen molar-refractivity contribution >= 4 is 5.97 Å². The number of ether oxygens (including phenoxy) is 2. The number of nitrogens with one attached hydrogen (secondary N) is 1. The summed E-state index contributed by atoms with van der Waals surface area (Å²) in [6.07, 6.45) is 1.97. The molecule has 0 aromatic heterocycles. The molecule has 0 heterocycles. The Labute approximate surface area is 122 Å². The molecule has 0 bridgehead atoms. The molecular formula is C15H19F2NO3. The number of benzene rings is 1. The van der Waals surface area contributed by atoms with Crippen molar-refractivity contribution in [3.63, 3.8) is 0 Å². The van der Waals surface area contributed by atoms with Crippen molar-refractivity contribution in [2.45, 2.75) is 38.3 Å². The molecule has 1 aliphatic rings. The van der Waals surface area contributed by atoms with Gasteiger partial charge in [-0.2, -0.15) is 0 Å². The lowest BCUT2D eigenvalue weighted by Crippen LogP contribution is -2.55. The van der Waals surface area contributed by atoms with Crippen molar-refractivity contribution in [3.05, 3.63) is 29.8 Å². The van der Waals surface area contributed by atoms with Crippen molar-refractivity contribution in [2.75, 3.05) is 13.2 Å². The van der Waals surface area contributed by atoms with Gasteiger partial charge in [0, 0.05) is 12.1 Å². The quantitative estimate of drug-likeness (QED) is 0.786. The molecule has 0 aliphatic heterocycles. The molecule has 4 nitrogen and oxygen atoms in total. The summed E-state index contributed by atoms with van der Waals surface area (Å²) < 4.78 is 36.8. The molecular weight excluding hydrogens is 280 g/mol. The fourth-order valence-electron chi connectivity index (χ4n) is 1.94. The Morgan fingerprint density at radius 3 is 2.71 bits per heavy atom. The summed E-state index contributed by atoms with van der Waals surface area (Å²) in [5.41, 5.74) is -1.06. The Morgan fingerprint density at radius 1 is 1.43 bits per heavy atom. The Hall–Kier alpha value is -1.69. The molecule has 1 aromatic rings. The molecule has 21 heavy (non-hydrogen) atoms. The number of esters is 1. The van der Waals surface area contributed by atoms with Gasteiger partial charge in [0.05, 0.1) is 6.61 Å². The van der Waals surface area contributed by atoms with Crippen LogP contribution in [0.15, 0.2) is 18.2 Å². The highest BCUT2D eigenvalue weighted by molar-refractivity contribution is 5.80. The largest absolute Gasteiger partial charge is 0.488 e. The zero-order valence-corrected chi connectivity index (χ0v) is 12.1. The van der Waals surface area contributed by atoms with Crippen LogP contribution in [-0.2, 0) is 9.53 Å². The zero-order valence-electron chi connectivity index (χ0n) is 12.1. The zero-order chi connectivity index (χ0) is 15.5. The topological polar surface area (TPSA) is 47.6 Å². The van der Waals surface area contributed by atoms with E-state index in [1.54, 1.807) is 13.8 Å². The Bertz CT molecular complexity index is 520. The molecule has 1 fully saturated rings. The van der Waals surface area contributed by atoms with Gasteiger partial charge >= 0.3 is 5.97 Å². The average Bonchev–Trinajstić information content (AvgIpc) is 3.22. The molecule has 116 valence electrons. The highest BCUT2D eigenvalue weighted by atomic mass is 19.1. The molecule has 2 rings (SSSR count). The summed E-state index contributed by atoms with van der Waals surface area (Å²) in [5.74, 6) is -2.01. The van der Waals surface area contributed by atoms with E-state index in [0.29, 0.717) is 0 Å². The molecule has 1 atom stereocenters. The number of hydrogen-bond donors (Lipinski definition) is 1. The molecule has 1 saturated carbocycles. The van der Waals surface area contributed by atoms with Gasteiger partial charge in [-0.25, -0.2) is 13.6 Å². The van der Waals surface area contributed by atoms with E-state index in [0.717, 1.165) is 25.0 Å². The van der Waals surface area contributed by atoms with Crippen molar-refractivity contribution in [2.24, 2.45) is 0 Å². The Kier molecular flexibility index (Phi) is 4.77. The summed E-state index contributed by atoms with van der Waals surface area (Å²) in [6, 6.07) is 3.30. The molecule has 0 amide bonds. The van der Waals surface area contributed by atoms with Crippen LogP contribution in [0.4, 0.5) is 8.78 Å². The predicted octanol–water partition coefficient (Wildman–Crippen LogP) is 2.42. The number of carbonyl (C=O) groups excluding carboxylic acids is 1. The van der Waals surface area contributed by atoms with Crippen LogP contribution in [-0.4, -0.2) is 30.8 Å². The SMILES string of the molecule is CCOC(=O)C(C)(COc1ccc(F)cc1F)NC1CC1. The maximum absolute atomic E-state index is 13.5. The van der Waals surface area contributed by atoms with E-state index in [9.17, 15) is 13.6 Å². The van der Waals surface area contributed by atoms with E-state index >= 15 is 0 Å². The lowest BCUT2D eigenvalue weighted by atomic mass is 10.0. The lowest BCUT2D eigenvalue weighted by molar-refractivity contribution is -0.152. The van der Waals surface area contributed by atoms with E-state index < -0.39 is 23.1 Å². The number of halogens is 2. The monoisotopic (exact) mass is 299 g/mol. The maximum atomic E-state index is 13.5. The Balaban J connectivity index is 2.05. The second-order valence-corrected chi connectivity index (χ2v) is 5.33. The highest BCUT2D eigenvalue weighted by Crippen LogP contribution is 2.25. The lowest BCUT2D eigenvalue weighted by Gasteiger charge is -2.28. The molecule has 0 saturated heterocycles. The summed E-state index contributed by atoms with van der Waals surface area (Å²) >= 11 is 0. The van der Waals surface area contributed by atoms with Crippen molar-refractivity contribution in [1.82, 2.24) is 5.32 Å². The van der Waals surface area contributed by atoms with Crippen LogP contribution in [0.1, 0.15) is 26.7 Å². The molecule has 1 aromatic carbocycles. The molecule has 1 aliphatic carbocycles. The van der Waals surface area contributed by atoms with Crippen LogP contribution in [0.3, 0.4) is 0 Å². The first-order chi connectivity index (χ1) is 9.94. The fraction of sp³-hybridized carbons (Fsp3) is 0.533. The minimum absolute atomic E-state index is 0.0924. The average molecular weight is 299 g/mol. The van der Waals surface area contributed by atoms with Gasteiger partial charge in [-0.15, -0.1) is 0 Å². The second-order valence-electron chi connectivity index (χ2n) is 5.33. The predicted molar refractivity (Wildman–Crippen MR) is 73.0 cm³/mol. The molecule has 1 N–H and O–H groups in total. The third kappa shape index (κ3) is 4.14. The third-order valence-corrected chi connectivity index (χ3v) is 3.24. The van der Waals surface area contributed by atoms with Crippen molar-refractivity contribution < 1.29 is 23.0 Å². The fourth-order valence-corrected chi connectivity index (χ4v) is 1.94. The van der Waals surface area contributed by atoms with E-state index in [-0.39, 0.29) is 25.0 Å². The van der Waals surface area contributed by atoms with Gasteiger partial charge in [-0.05, 0) is 38.8 Å². The maximum Gasteiger partial charge on any atom is 0.329 e. The summed E-state index contributed by atoms with van der Waals surface area (Å²) in [4.78, 5) is 12.1. The van der Waals surface area contributed by atoms with Crippen LogP contribution in [0.25, 0.3) is 0 Å². The van der Waals surface area contributed by atoms with E-state index in [1.807, 2.05) is 0 Å². The third-order valence-electron chi connectivity index (χ3n) is 3.24. The minimum atomic E-state index is -1.06. The number of carbonyl (C=O) groups is 1. The summed E-state index contributed by atoms with van der Waals surface area (Å²) in [6.45, 7) is 3.54. The smallest absolute Gasteiger partial charge is 0.329 e. The van der Waals surface area contributed by atoms with Crippen LogP contribution in [0.5, 0.6) is 5.75 Å². The molecule has 6 heteroatoms. The molecule has 0 spiro atoms. The number of rotatable bonds is 7. The van der Waals surface area contributed by atoms with Crippen LogP contribution in [0.2, 0.25) is 0 Å². The van der Waals surface area contributed by atoms with Crippen molar-refractivity contribution in [3.8, 4) is 5.75 Å². The van der Waals surface area contributed by atoms with Gasteiger partial charge in [-0.1, -0.05) is 0 Å². The van der Waals surface area contributed by atoms with E-state index in [1.165, 1.54) is 6.07 Å². The van der Waals surface area contributed by atoms with Gasteiger partial charge in [0.15, 0.2) is 11.6 Å². The first kappa shape index (κ1) is 15.7. The van der Waals surface area contributed by atoms with Crippen LogP contribution < -0.4 is 10.1 Å². The van der Waals surface area contributed by atoms with Gasteiger partial charge < -0.3 is 9.47 Å². The minimum Gasteiger partial charge on any atom is -0.488 e. The normalized spacial score (nSPS) is 17.1. The standard InChI is InChI=1S/C15H19F2NO3/c1-3-20-14(19)15(2,18-11-5-6-11)9-21-13-7-4-10(16)8-12(13)17/h4,7-8,11,18H,3,5-6,9H2,1-2H3. The summed E-state index contributed by atoms with van der Waals surface area (Å²) in [7, 11) is 0. The van der Waals surface area contributed by atoms with Gasteiger partial charge in [0.25, 0.3) is 0 Å². The van der Waals surface area contributed by atoms with Gasteiger partial charge in [0.1, 0.15) is 18.0 Å². The molecule has 0 radical (unpaired) electrons. The first-order valence-corrected chi connectivity index (χ1v) is 6.97. The summed E-state index contributed by atoms with van der Waals surface area (Å²) in [5, 5.41) is 3.16. The van der Waals surface area contributed by atoms with Gasteiger partial charge in [0.2, 0.25) is 0 Å². The van der Waals surface area contributed by atoms with E-state index in [2.05, 4.69) is 5.32 Å². The highest BCUT2D eigenvalue weighted by Gasteiger charge is 2.40. The Morgan fingerprint density at radius 2 is 2.14 bits per heavy atom. The second kappa shape index (κ2) is 6.39. The van der Waals surface area contributed by atoms with Crippen LogP contribution >= 0.6 is 0 Å². The number of hydrogen-bond acceptors (Lipinski definition) is 4.